The van der Waals surface area contributed by atoms with Gasteiger partial charge in [0.1, 0.15) is 0 Å². The third-order valence-corrected chi connectivity index (χ3v) is 4.93. The Morgan fingerprint density at radius 3 is 2.47 bits per heavy atom. The van der Waals surface area contributed by atoms with Gasteiger partial charge in [0, 0.05) is 12.6 Å². The Kier molecular flexibility index (Phi) is 3.79. The van der Waals surface area contributed by atoms with Gasteiger partial charge in [-0.25, -0.2) is 8.42 Å². The zero-order chi connectivity index (χ0) is 11.7. The second-order valence-corrected chi connectivity index (χ2v) is 7.33. The maximum Gasteiger partial charge on any atom is 0.214 e. The first-order valence-corrected chi connectivity index (χ1v) is 6.97. The molecule has 1 atom stereocenters. The number of nitrogens with zero attached hydrogens (tertiary/aromatic N) is 1. The van der Waals surface area contributed by atoms with E-state index in [9.17, 15) is 8.42 Å². The van der Waals surface area contributed by atoms with Crippen molar-refractivity contribution < 1.29 is 13.5 Å². The highest BCUT2D eigenvalue weighted by Crippen LogP contribution is 2.25. The molecule has 1 fully saturated rings. The maximum atomic E-state index is 12.0. The van der Waals surface area contributed by atoms with Crippen molar-refractivity contribution in [2.24, 2.45) is 5.41 Å². The van der Waals surface area contributed by atoms with Crippen LogP contribution >= 0.6 is 0 Å². The molecule has 0 radical (unpaired) electrons. The largest absolute Gasteiger partial charge is 0.395 e. The zero-order valence-electron chi connectivity index (χ0n) is 9.73. The fourth-order valence-electron chi connectivity index (χ4n) is 1.99. The topological polar surface area (TPSA) is 57.6 Å². The van der Waals surface area contributed by atoms with Crippen molar-refractivity contribution in [3.8, 4) is 0 Å². The highest BCUT2D eigenvalue weighted by Gasteiger charge is 2.35. The third-order valence-electron chi connectivity index (χ3n) is 2.51. The Labute approximate surface area is 92.3 Å². The van der Waals surface area contributed by atoms with E-state index in [1.54, 1.807) is 0 Å². The third kappa shape index (κ3) is 3.43. The molecule has 0 unspecified atom stereocenters. The predicted molar refractivity (Wildman–Crippen MR) is 60.1 cm³/mol. The molecule has 90 valence electrons. The molecule has 0 saturated carbocycles. The first kappa shape index (κ1) is 12.9. The summed E-state index contributed by atoms with van der Waals surface area (Å²) >= 11 is 0. The lowest BCUT2D eigenvalue weighted by Gasteiger charge is -2.26. The van der Waals surface area contributed by atoms with E-state index < -0.39 is 10.0 Å². The molecule has 1 rings (SSSR count). The lowest BCUT2D eigenvalue weighted by molar-refractivity contribution is 0.212. The Balaban J connectivity index is 2.77. The van der Waals surface area contributed by atoms with Gasteiger partial charge < -0.3 is 5.11 Å². The van der Waals surface area contributed by atoms with Crippen LogP contribution in [0.4, 0.5) is 0 Å². The smallest absolute Gasteiger partial charge is 0.214 e. The van der Waals surface area contributed by atoms with Gasteiger partial charge in [0.25, 0.3) is 0 Å². The summed E-state index contributed by atoms with van der Waals surface area (Å²) in [6, 6.07) is -0.197. The van der Waals surface area contributed by atoms with Crippen LogP contribution in [0.25, 0.3) is 0 Å². The molecular weight excluding hydrogens is 214 g/mol. The van der Waals surface area contributed by atoms with Crippen molar-refractivity contribution >= 4 is 10.0 Å². The van der Waals surface area contributed by atoms with Crippen LogP contribution < -0.4 is 0 Å². The molecule has 0 amide bonds. The van der Waals surface area contributed by atoms with Crippen molar-refractivity contribution in [3.63, 3.8) is 0 Å². The van der Waals surface area contributed by atoms with Crippen LogP contribution in [0.2, 0.25) is 0 Å². The molecule has 0 spiro atoms. The Morgan fingerprint density at radius 1 is 1.40 bits per heavy atom. The van der Waals surface area contributed by atoms with E-state index in [1.807, 2.05) is 20.8 Å². The molecule has 0 aromatic rings. The minimum absolute atomic E-state index is 0.0661. The summed E-state index contributed by atoms with van der Waals surface area (Å²) in [5.74, 6) is 0.149. The molecule has 1 heterocycles. The second-order valence-electron chi connectivity index (χ2n) is 5.41. The quantitative estimate of drug-likeness (QED) is 0.788. The lowest BCUT2D eigenvalue weighted by Crippen LogP contribution is -2.41. The number of hydrogen-bond acceptors (Lipinski definition) is 3. The molecule has 1 N–H and O–H groups in total. The van der Waals surface area contributed by atoms with E-state index in [2.05, 4.69) is 0 Å². The molecule has 5 heteroatoms. The number of sulfonamides is 1. The van der Waals surface area contributed by atoms with E-state index >= 15 is 0 Å². The van der Waals surface area contributed by atoms with Crippen molar-refractivity contribution in [2.45, 2.75) is 39.7 Å². The summed E-state index contributed by atoms with van der Waals surface area (Å²) in [7, 11) is -3.21. The zero-order valence-corrected chi connectivity index (χ0v) is 10.5. The monoisotopic (exact) mass is 235 g/mol. The Hall–Kier alpha value is -0.130. The van der Waals surface area contributed by atoms with Crippen LogP contribution in [0.3, 0.4) is 0 Å². The van der Waals surface area contributed by atoms with Gasteiger partial charge in [0.15, 0.2) is 0 Å². The summed E-state index contributed by atoms with van der Waals surface area (Å²) in [6.07, 6.45) is 1.63. The van der Waals surface area contributed by atoms with Gasteiger partial charge in [-0.3, -0.25) is 0 Å². The van der Waals surface area contributed by atoms with Gasteiger partial charge in [-0.05, 0) is 18.3 Å². The van der Waals surface area contributed by atoms with Gasteiger partial charge in [0.2, 0.25) is 10.0 Å². The first-order chi connectivity index (χ1) is 6.76. The predicted octanol–water partition coefficient (Wildman–Crippen LogP) is 0.819. The SMILES string of the molecule is CC(C)(C)CS(=O)(=O)N1CCC[C@H]1CO. The average molecular weight is 235 g/mol. The molecule has 0 aliphatic carbocycles. The molecule has 0 aromatic heterocycles. The van der Waals surface area contributed by atoms with Gasteiger partial charge in [-0.1, -0.05) is 20.8 Å². The normalized spacial score (nSPS) is 24.7. The van der Waals surface area contributed by atoms with E-state index in [0.29, 0.717) is 6.54 Å². The Morgan fingerprint density at radius 2 is 2.00 bits per heavy atom. The summed E-state index contributed by atoms with van der Waals surface area (Å²) in [6.45, 7) is 6.23. The van der Waals surface area contributed by atoms with E-state index in [0.717, 1.165) is 12.8 Å². The van der Waals surface area contributed by atoms with Gasteiger partial charge in [-0.2, -0.15) is 4.31 Å². The molecular formula is C10H21NO3S. The standard InChI is InChI=1S/C10H21NO3S/c1-10(2,3)8-15(13,14)11-6-4-5-9(11)7-12/h9,12H,4-8H2,1-3H3/t9-/m0/s1. The number of hydrogen-bond donors (Lipinski definition) is 1. The van der Waals surface area contributed by atoms with Crippen molar-refractivity contribution in [3.05, 3.63) is 0 Å². The van der Waals surface area contributed by atoms with Gasteiger partial charge in [-0.15, -0.1) is 0 Å². The summed E-state index contributed by atoms with van der Waals surface area (Å²) < 4.78 is 25.5. The molecule has 1 aliphatic rings. The van der Waals surface area contributed by atoms with Crippen molar-refractivity contribution in [2.75, 3.05) is 18.9 Å². The lowest BCUT2D eigenvalue weighted by atomic mass is 10.0. The second kappa shape index (κ2) is 4.39. The fraction of sp³-hybridized carbons (Fsp3) is 1.00. The van der Waals surface area contributed by atoms with Crippen LogP contribution in [0.5, 0.6) is 0 Å². The minimum Gasteiger partial charge on any atom is -0.395 e. The van der Waals surface area contributed by atoms with Crippen LogP contribution in [0.15, 0.2) is 0 Å². The van der Waals surface area contributed by atoms with Crippen LogP contribution in [0, 0.1) is 5.41 Å². The van der Waals surface area contributed by atoms with Crippen molar-refractivity contribution in [1.82, 2.24) is 4.31 Å². The van der Waals surface area contributed by atoms with E-state index in [-0.39, 0.29) is 23.8 Å². The first-order valence-electron chi connectivity index (χ1n) is 5.37. The van der Waals surface area contributed by atoms with E-state index in [4.69, 9.17) is 5.11 Å². The fourth-order valence-corrected chi connectivity index (χ4v) is 4.28. The van der Waals surface area contributed by atoms with Gasteiger partial charge in [0.05, 0.1) is 12.4 Å². The minimum atomic E-state index is -3.21. The molecule has 0 aromatic carbocycles. The number of aliphatic hydroxyl groups excluding tert-OH is 1. The number of rotatable bonds is 3. The summed E-state index contributed by atoms with van der Waals surface area (Å²) in [5, 5.41) is 9.09. The molecule has 4 nitrogen and oxygen atoms in total. The van der Waals surface area contributed by atoms with E-state index in [1.165, 1.54) is 4.31 Å². The maximum absolute atomic E-state index is 12.0. The highest BCUT2D eigenvalue weighted by atomic mass is 32.2. The van der Waals surface area contributed by atoms with Gasteiger partial charge >= 0.3 is 0 Å². The Bertz CT molecular complexity index is 305. The average Bonchev–Trinajstić information content (AvgIpc) is 2.46. The van der Waals surface area contributed by atoms with Crippen LogP contribution in [-0.4, -0.2) is 42.8 Å². The molecule has 0 bridgehead atoms. The number of aliphatic hydroxyl groups is 1. The highest BCUT2D eigenvalue weighted by molar-refractivity contribution is 7.89. The molecule has 1 aliphatic heterocycles. The van der Waals surface area contributed by atoms with Crippen molar-refractivity contribution in [1.29, 1.82) is 0 Å². The van der Waals surface area contributed by atoms with Crippen LogP contribution in [0.1, 0.15) is 33.6 Å². The van der Waals surface area contributed by atoms with Crippen LogP contribution in [-0.2, 0) is 10.0 Å². The summed E-state index contributed by atoms with van der Waals surface area (Å²) in [4.78, 5) is 0. The molecule has 15 heavy (non-hydrogen) atoms. The molecule has 1 saturated heterocycles. The summed E-state index contributed by atoms with van der Waals surface area (Å²) in [5.41, 5.74) is -0.235.